The first-order valence-corrected chi connectivity index (χ1v) is 4.51. The number of benzene rings is 2. The minimum atomic E-state index is -0.306. The molecule has 0 fully saturated rings. The van der Waals surface area contributed by atoms with Crippen molar-refractivity contribution in [2.75, 3.05) is 5.73 Å². The zero-order valence-corrected chi connectivity index (χ0v) is 7.94. The van der Waals surface area contributed by atoms with Crippen LogP contribution >= 0.6 is 0 Å². The number of phenols is 1. The molecule has 0 spiro atoms. The van der Waals surface area contributed by atoms with E-state index in [1.54, 1.807) is 18.2 Å². The molecule has 0 bridgehead atoms. The molecule has 2 aromatic rings. The SMILES string of the molecule is Nc1cc(O)ccc1-c1cccc(F)c1. The summed E-state index contributed by atoms with van der Waals surface area (Å²) in [7, 11) is 0. The van der Waals surface area contributed by atoms with Gasteiger partial charge in [0.15, 0.2) is 0 Å². The molecule has 0 aliphatic heterocycles. The number of aromatic hydroxyl groups is 1. The van der Waals surface area contributed by atoms with Crippen molar-refractivity contribution in [2.24, 2.45) is 0 Å². The maximum Gasteiger partial charge on any atom is 0.123 e. The van der Waals surface area contributed by atoms with Gasteiger partial charge in [0.2, 0.25) is 0 Å². The van der Waals surface area contributed by atoms with Crippen molar-refractivity contribution in [1.29, 1.82) is 0 Å². The summed E-state index contributed by atoms with van der Waals surface area (Å²) in [6.07, 6.45) is 0. The molecule has 2 rings (SSSR count). The Balaban J connectivity index is 2.54. The van der Waals surface area contributed by atoms with Crippen LogP contribution < -0.4 is 5.73 Å². The molecular formula is C12H10FNO. The van der Waals surface area contributed by atoms with Gasteiger partial charge >= 0.3 is 0 Å². The second kappa shape index (κ2) is 3.61. The number of hydrogen-bond acceptors (Lipinski definition) is 2. The Labute approximate surface area is 86.8 Å². The minimum absolute atomic E-state index is 0.104. The molecule has 3 N–H and O–H groups in total. The predicted molar refractivity (Wildman–Crippen MR) is 57.9 cm³/mol. The minimum Gasteiger partial charge on any atom is -0.508 e. The fourth-order valence-electron chi connectivity index (χ4n) is 1.47. The van der Waals surface area contributed by atoms with E-state index in [9.17, 15) is 9.50 Å². The van der Waals surface area contributed by atoms with Gasteiger partial charge in [-0.15, -0.1) is 0 Å². The average Bonchev–Trinajstić information content (AvgIpc) is 2.17. The number of phenolic OH excluding ortho intramolecular Hbond substituents is 1. The van der Waals surface area contributed by atoms with Crippen LogP contribution in [0.5, 0.6) is 5.75 Å². The second-order valence-electron chi connectivity index (χ2n) is 3.28. The molecule has 0 saturated carbocycles. The zero-order valence-electron chi connectivity index (χ0n) is 7.94. The molecule has 0 saturated heterocycles. The number of anilines is 1. The fourth-order valence-corrected chi connectivity index (χ4v) is 1.47. The van der Waals surface area contributed by atoms with Crippen LogP contribution in [-0.2, 0) is 0 Å². The Morgan fingerprint density at radius 3 is 2.53 bits per heavy atom. The molecule has 76 valence electrons. The Bertz CT molecular complexity index is 497. The van der Waals surface area contributed by atoms with E-state index in [1.165, 1.54) is 24.3 Å². The predicted octanol–water partition coefficient (Wildman–Crippen LogP) is 2.78. The van der Waals surface area contributed by atoms with Crippen molar-refractivity contribution in [3.63, 3.8) is 0 Å². The highest BCUT2D eigenvalue weighted by Crippen LogP contribution is 2.28. The summed E-state index contributed by atoms with van der Waals surface area (Å²) >= 11 is 0. The van der Waals surface area contributed by atoms with Gasteiger partial charge in [0.1, 0.15) is 11.6 Å². The lowest BCUT2D eigenvalue weighted by Crippen LogP contribution is -1.89. The number of nitrogen functional groups attached to an aromatic ring is 1. The third kappa shape index (κ3) is 1.91. The Morgan fingerprint density at radius 2 is 1.87 bits per heavy atom. The summed E-state index contributed by atoms with van der Waals surface area (Å²) in [6, 6.07) is 10.8. The monoisotopic (exact) mass is 203 g/mol. The highest BCUT2D eigenvalue weighted by Gasteiger charge is 2.03. The summed E-state index contributed by atoms with van der Waals surface area (Å²) in [6.45, 7) is 0. The fraction of sp³-hybridized carbons (Fsp3) is 0. The summed E-state index contributed by atoms with van der Waals surface area (Å²) in [4.78, 5) is 0. The number of hydrogen-bond donors (Lipinski definition) is 2. The second-order valence-corrected chi connectivity index (χ2v) is 3.28. The molecule has 0 aromatic heterocycles. The van der Waals surface area contributed by atoms with E-state index in [2.05, 4.69) is 0 Å². The highest BCUT2D eigenvalue weighted by molar-refractivity contribution is 5.77. The Kier molecular flexibility index (Phi) is 2.29. The Morgan fingerprint density at radius 1 is 1.07 bits per heavy atom. The third-order valence-electron chi connectivity index (χ3n) is 2.17. The molecule has 0 aliphatic rings. The largest absolute Gasteiger partial charge is 0.508 e. The van der Waals surface area contributed by atoms with E-state index in [4.69, 9.17) is 5.73 Å². The van der Waals surface area contributed by atoms with Crippen LogP contribution in [0.25, 0.3) is 11.1 Å². The van der Waals surface area contributed by atoms with Gasteiger partial charge in [-0.05, 0) is 29.8 Å². The molecule has 0 atom stereocenters. The van der Waals surface area contributed by atoms with Gasteiger partial charge in [-0.1, -0.05) is 12.1 Å². The smallest absolute Gasteiger partial charge is 0.123 e. The third-order valence-corrected chi connectivity index (χ3v) is 2.17. The quantitative estimate of drug-likeness (QED) is 0.700. The van der Waals surface area contributed by atoms with Crippen molar-refractivity contribution in [1.82, 2.24) is 0 Å². The average molecular weight is 203 g/mol. The molecule has 0 unspecified atom stereocenters. The van der Waals surface area contributed by atoms with Crippen molar-refractivity contribution in [3.8, 4) is 16.9 Å². The lowest BCUT2D eigenvalue weighted by atomic mass is 10.0. The lowest BCUT2D eigenvalue weighted by molar-refractivity contribution is 0.476. The summed E-state index contributed by atoms with van der Waals surface area (Å²) in [5, 5.41) is 9.18. The number of halogens is 1. The summed E-state index contributed by atoms with van der Waals surface area (Å²) in [5.41, 5.74) is 7.57. The maximum atomic E-state index is 13.0. The normalized spacial score (nSPS) is 10.2. The first kappa shape index (κ1) is 9.52. The summed E-state index contributed by atoms with van der Waals surface area (Å²) in [5.74, 6) is -0.201. The first-order valence-electron chi connectivity index (χ1n) is 4.51. The highest BCUT2D eigenvalue weighted by atomic mass is 19.1. The molecule has 2 nitrogen and oxygen atoms in total. The molecule has 0 amide bonds. The van der Waals surface area contributed by atoms with Gasteiger partial charge in [-0.25, -0.2) is 4.39 Å². The molecule has 3 heteroatoms. The van der Waals surface area contributed by atoms with E-state index < -0.39 is 0 Å². The van der Waals surface area contributed by atoms with Gasteiger partial charge in [0.25, 0.3) is 0 Å². The lowest BCUT2D eigenvalue weighted by Gasteiger charge is -2.06. The van der Waals surface area contributed by atoms with Crippen molar-refractivity contribution in [3.05, 3.63) is 48.3 Å². The van der Waals surface area contributed by atoms with Gasteiger partial charge in [-0.2, -0.15) is 0 Å². The van der Waals surface area contributed by atoms with Crippen LogP contribution in [0.15, 0.2) is 42.5 Å². The van der Waals surface area contributed by atoms with Crippen LogP contribution in [0, 0.1) is 5.82 Å². The van der Waals surface area contributed by atoms with Gasteiger partial charge in [0.05, 0.1) is 0 Å². The van der Waals surface area contributed by atoms with E-state index in [0.29, 0.717) is 16.8 Å². The van der Waals surface area contributed by atoms with E-state index in [0.717, 1.165) is 0 Å². The van der Waals surface area contributed by atoms with Gasteiger partial charge in [-0.3, -0.25) is 0 Å². The first-order chi connectivity index (χ1) is 7.16. The van der Waals surface area contributed by atoms with E-state index in [-0.39, 0.29) is 11.6 Å². The van der Waals surface area contributed by atoms with Crippen LogP contribution in [0.1, 0.15) is 0 Å². The zero-order chi connectivity index (χ0) is 10.8. The molecule has 2 aromatic carbocycles. The number of nitrogens with two attached hydrogens (primary N) is 1. The van der Waals surface area contributed by atoms with Crippen molar-refractivity contribution in [2.45, 2.75) is 0 Å². The number of rotatable bonds is 1. The molecule has 0 heterocycles. The molecule has 0 radical (unpaired) electrons. The van der Waals surface area contributed by atoms with Crippen LogP contribution in [-0.4, -0.2) is 5.11 Å². The van der Waals surface area contributed by atoms with Gasteiger partial charge < -0.3 is 10.8 Å². The summed E-state index contributed by atoms with van der Waals surface area (Å²) < 4.78 is 13.0. The van der Waals surface area contributed by atoms with Gasteiger partial charge in [0, 0.05) is 17.3 Å². The van der Waals surface area contributed by atoms with E-state index >= 15 is 0 Å². The van der Waals surface area contributed by atoms with Crippen LogP contribution in [0.4, 0.5) is 10.1 Å². The van der Waals surface area contributed by atoms with E-state index in [1.807, 2.05) is 0 Å². The molecule has 15 heavy (non-hydrogen) atoms. The standard InChI is InChI=1S/C12H10FNO/c13-9-3-1-2-8(6-9)11-5-4-10(15)7-12(11)14/h1-7,15H,14H2. The molecule has 0 aliphatic carbocycles. The Hall–Kier alpha value is -2.03. The molecular weight excluding hydrogens is 193 g/mol. The van der Waals surface area contributed by atoms with Crippen LogP contribution in [0.3, 0.4) is 0 Å². The topological polar surface area (TPSA) is 46.2 Å². The maximum absolute atomic E-state index is 13.0. The van der Waals surface area contributed by atoms with Crippen molar-refractivity contribution >= 4 is 5.69 Å². The van der Waals surface area contributed by atoms with Crippen LogP contribution in [0.2, 0.25) is 0 Å². The van der Waals surface area contributed by atoms with Crippen molar-refractivity contribution < 1.29 is 9.50 Å².